The molecular formula is C20H24N4O4. The number of pyridine rings is 1. The van der Waals surface area contributed by atoms with E-state index in [0.717, 1.165) is 11.3 Å². The molecule has 0 radical (unpaired) electrons. The van der Waals surface area contributed by atoms with Crippen LogP contribution >= 0.6 is 0 Å². The van der Waals surface area contributed by atoms with Crippen LogP contribution in [0.25, 0.3) is 0 Å². The number of carbonyl (C=O) groups excluding carboxylic acids is 2. The maximum Gasteiger partial charge on any atom is 0.321 e. The molecule has 0 bridgehead atoms. The van der Waals surface area contributed by atoms with Gasteiger partial charge in [0, 0.05) is 44.1 Å². The molecule has 3 rings (SSSR count). The Morgan fingerprint density at radius 1 is 1.04 bits per heavy atom. The van der Waals surface area contributed by atoms with Crippen molar-refractivity contribution in [2.24, 2.45) is 0 Å². The van der Waals surface area contributed by atoms with Gasteiger partial charge in [0.2, 0.25) is 11.8 Å². The molecule has 2 aromatic rings. The van der Waals surface area contributed by atoms with Crippen molar-refractivity contribution in [3.8, 4) is 11.6 Å². The molecule has 2 heterocycles. The number of anilines is 1. The fourth-order valence-corrected chi connectivity index (χ4v) is 3.03. The number of urea groups is 1. The number of benzene rings is 1. The van der Waals surface area contributed by atoms with E-state index in [0.29, 0.717) is 44.2 Å². The van der Waals surface area contributed by atoms with Gasteiger partial charge < -0.3 is 24.6 Å². The molecule has 0 unspecified atom stereocenters. The topological polar surface area (TPSA) is 84.0 Å². The highest BCUT2D eigenvalue weighted by Crippen LogP contribution is 2.16. The van der Waals surface area contributed by atoms with Crippen LogP contribution in [0.5, 0.6) is 11.6 Å². The molecule has 1 aliphatic heterocycles. The number of hydrogen-bond acceptors (Lipinski definition) is 5. The Labute approximate surface area is 164 Å². The molecule has 148 valence electrons. The van der Waals surface area contributed by atoms with Gasteiger partial charge in [-0.1, -0.05) is 12.1 Å². The summed E-state index contributed by atoms with van der Waals surface area (Å²) in [5.74, 6) is 1.22. The first-order chi connectivity index (χ1) is 13.6. The number of nitrogens with one attached hydrogen (secondary N) is 1. The van der Waals surface area contributed by atoms with Crippen LogP contribution in [0.2, 0.25) is 0 Å². The van der Waals surface area contributed by atoms with Crippen molar-refractivity contribution in [2.45, 2.75) is 6.42 Å². The molecule has 1 aromatic heterocycles. The average molecular weight is 384 g/mol. The fraction of sp³-hybridized carbons (Fsp3) is 0.350. The molecule has 1 N–H and O–H groups in total. The van der Waals surface area contributed by atoms with Gasteiger partial charge in [0.05, 0.1) is 20.6 Å². The van der Waals surface area contributed by atoms with Crippen LogP contribution in [0.4, 0.5) is 10.5 Å². The summed E-state index contributed by atoms with van der Waals surface area (Å²) < 4.78 is 10.3. The van der Waals surface area contributed by atoms with Crippen molar-refractivity contribution >= 4 is 17.6 Å². The molecule has 28 heavy (non-hydrogen) atoms. The maximum absolute atomic E-state index is 12.6. The summed E-state index contributed by atoms with van der Waals surface area (Å²) in [6.07, 6.45) is 1.89. The third-order valence-electron chi connectivity index (χ3n) is 4.60. The van der Waals surface area contributed by atoms with Crippen LogP contribution in [-0.4, -0.2) is 67.1 Å². The van der Waals surface area contributed by atoms with Gasteiger partial charge in [-0.3, -0.25) is 4.79 Å². The Kier molecular flexibility index (Phi) is 6.31. The highest BCUT2D eigenvalue weighted by atomic mass is 16.5. The molecule has 1 saturated heterocycles. The second-order valence-electron chi connectivity index (χ2n) is 6.41. The highest BCUT2D eigenvalue weighted by molar-refractivity contribution is 5.89. The Hall–Kier alpha value is -3.29. The zero-order valence-corrected chi connectivity index (χ0v) is 16.1. The minimum Gasteiger partial charge on any atom is -0.497 e. The molecule has 8 heteroatoms. The minimum atomic E-state index is -0.201. The Morgan fingerprint density at radius 3 is 2.50 bits per heavy atom. The van der Waals surface area contributed by atoms with Gasteiger partial charge in [-0.2, -0.15) is 0 Å². The fourth-order valence-electron chi connectivity index (χ4n) is 3.03. The standard InChI is InChI=1S/C20H24N4O4/c1-27-17-5-3-4-15(12-17)13-19(25)23-8-10-24(11-9-23)20(26)22-16-6-7-21-18(14-16)28-2/h3-7,12,14H,8-11,13H2,1-2H3,(H,21,22,26). The first-order valence-corrected chi connectivity index (χ1v) is 9.05. The summed E-state index contributed by atoms with van der Waals surface area (Å²) in [6.45, 7) is 1.99. The van der Waals surface area contributed by atoms with Crippen molar-refractivity contribution < 1.29 is 19.1 Å². The number of aromatic nitrogens is 1. The summed E-state index contributed by atoms with van der Waals surface area (Å²) in [7, 11) is 3.13. The van der Waals surface area contributed by atoms with Gasteiger partial charge in [-0.05, 0) is 23.8 Å². The lowest BCUT2D eigenvalue weighted by Crippen LogP contribution is -2.52. The number of nitrogens with zero attached hydrogens (tertiary/aromatic N) is 3. The van der Waals surface area contributed by atoms with Crippen molar-refractivity contribution in [3.63, 3.8) is 0 Å². The predicted octanol–water partition coefficient (Wildman–Crippen LogP) is 2.02. The third-order valence-corrected chi connectivity index (χ3v) is 4.60. The Morgan fingerprint density at radius 2 is 1.79 bits per heavy atom. The van der Waals surface area contributed by atoms with E-state index in [4.69, 9.17) is 9.47 Å². The van der Waals surface area contributed by atoms with Crippen LogP contribution in [0.15, 0.2) is 42.6 Å². The number of methoxy groups -OCH3 is 2. The number of hydrogen-bond donors (Lipinski definition) is 1. The molecule has 0 atom stereocenters. The van der Waals surface area contributed by atoms with Crippen LogP contribution in [0.1, 0.15) is 5.56 Å². The third kappa shape index (κ3) is 4.91. The lowest BCUT2D eigenvalue weighted by Gasteiger charge is -2.34. The predicted molar refractivity (Wildman–Crippen MR) is 105 cm³/mol. The maximum atomic E-state index is 12.6. The first-order valence-electron chi connectivity index (χ1n) is 9.05. The molecule has 0 aliphatic carbocycles. The lowest BCUT2D eigenvalue weighted by atomic mass is 10.1. The minimum absolute atomic E-state index is 0.0483. The van der Waals surface area contributed by atoms with Crippen molar-refractivity contribution in [1.29, 1.82) is 0 Å². The monoisotopic (exact) mass is 384 g/mol. The lowest BCUT2D eigenvalue weighted by molar-refractivity contribution is -0.131. The molecular weight excluding hydrogens is 360 g/mol. The zero-order chi connectivity index (χ0) is 19.9. The molecule has 8 nitrogen and oxygen atoms in total. The van der Waals surface area contributed by atoms with Crippen LogP contribution < -0.4 is 14.8 Å². The van der Waals surface area contributed by atoms with E-state index in [-0.39, 0.29) is 11.9 Å². The van der Waals surface area contributed by atoms with E-state index < -0.39 is 0 Å². The number of ether oxygens (including phenoxy) is 2. The van der Waals surface area contributed by atoms with Gasteiger partial charge in [0.15, 0.2) is 0 Å². The average Bonchev–Trinajstić information content (AvgIpc) is 2.74. The molecule has 0 spiro atoms. The van der Waals surface area contributed by atoms with E-state index in [9.17, 15) is 9.59 Å². The SMILES string of the molecule is COc1cccc(CC(=O)N2CCN(C(=O)Nc3ccnc(OC)c3)CC2)c1. The summed E-state index contributed by atoms with van der Waals surface area (Å²) in [4.78, 5) is 32.5. The van der Waals surface area contributed by atoms with Gasteiger partial charge in [0.25, 0.3) is 0 Å². The number of carbonyl (C=O) groups is 2. The number of amides is 3. The van der Waals surface area contributed by atoms with E-state index in [1.54, 1.807) is 35.2 Å². The van der Waals surface area contributed by atoms with Gasteiger partial charge in [-0.15, -0.1) is 0 Å². The van der Waals surface area contributed by atoms with Crippen LogP contribution in [0.3, 0.4) is 0 Å². The largest absolute Gasteiger partial charge is 0.497 e. The second-order valence-corrected chi connectivity index (χ2v) is 6.41. The summed E-state index contributed by atoms with van der Waals surface area (Å²) in [5, 5.41) is 2.83. The van der Waals surface area contributed by atoms with Crippen LogP contribution in [0, 0.1) is 0 Å². The summed E-state index contributed by atoms with van der Waals surface area (Å²) >= 11 is 0. The first kappa shape index (κ1) is 19.5. The van der Waals surface area contributed by atoms with Crippen molar-refractivity contribution in [1.82, 2.24) is 14.8 Å². The quantitative estimate of drug-likeness (QED) is 0.853. The molecule has 0 saturated carbocycles. The zero-order valence-electron chi connectivity index (χ0n) is 16.1. The number of rotatable bonds is 5. The molecule has 1 aliphatic rings. The molecule has 1 aromatic carbocycles. The summed E-state index contributed by atoms with van der Waals surface area (Å²) in [5.41, 5.74) is 1.53. The van der Waals surface area contributed by atoms with E-state index in [1.165, 1.54) is 7.11 Å². The highest BCUT2D eigenvalue weighted by Gasteiger charge is 2.24. The summed E-state index contributed by atoms with van der Waals surface area (Å²) in [6, 6.07) is 10.7. The van der Waals surface area contributed by atoms with Crippen LogP contribution in [-0.2, 0) is 11.2 Å². The molecule has 1 fully saturated rings. The number of piperazine rings is 1. The van der Waals surface area contributed by atoms with Crippen molar-refractivity contribution in [3.05, 3.63) is 48.2 Å². The van der Waals surface area contributed by atoms with E-state index in [2.05, 4.69) is 10.3 Å². The van der Waals surface area contributed by atoms with E-state index >= 15 is 0 Å². The van der Waals surface area contributed by atoms with Crippen molar-refractivity contribution in [2.75, 3.05) is 45.7 Å². The Balaban J connectivity index is 1.50. The molecule has 3 amide bonds. The van der Waals surface area contributed by atoms with E-state index in [1.807, 2.05) is 24.3 Å². The van der Waals surface area contributed by atoms with Gasteiger partial charge in [0.1, 0.15) is 5.75 Å². The second kappa shape index (κ2) is 9.07. The Bertz CT molecular complexity index is 765. The van der Waals surface area contributed by atoms with Gasteiger partial charge >= 0.3 is 6.03 Å². The smallest absolute Gasteiger partial charge is 0.321 e. The van der Waals surface area contributed by atoms with Gasteiger partial charge in [-0.25, -0.2) is 9.78 Å². The normalized spacial score (nSPS) is 13.8.